The van der Waals surface area contributed by atoms with E-state index in [4.69, 9.17) is 4.74 Å². The van der Waals surface area contributed by atoms with Crippen molar-refractivity contribution in [3.05, 3.63) is 103 Å². The molecule has 0 N–H and O–H groups in total. The highest BCUT2D eigenvalue weighted by Crippen LogP contribution is 2.57. The average Bonchev–Trinajstić information content (AvgIpc) is 2.68. The van der Waals surface area contributed by atoms with Gasteiger partial charge in [-0.15, -0.1) is 0 Å². The second-order valence-electron chi connectivity index (χ2n) is 5.67. The second kappa shape index (κ2) is 7.47. The summed E-state index contributed by atoms with van der Waals surface area (Å²) in [5, 5.41) is 4.00. The zero-order valence-electron chi connectivity index (χ0n) is 14.1. The first kappa shape index (κ1) is 16.5. The van der Waals surface area contributed by atoms with Gasteiger partial charge in [-0.1, -0.05) is 54.6 Å². The molecule has 0 aliphatic rings. The van der Waals surface area contributed by atoms with Crippen molar-refractivity contribution in [1.29, 1.82) is 0 Å². The van der Waals surface area contributed by atoms with Crippen LogP contribution in [0.5, 0.6) is 0 Å². The van der Waals surface area contributed by atoms with Crippen LogP contribution in [0.1, 0.15) is 6.92 Å². The maximum atomic E-state index is 5.56. The Balaban J connectivity index is 2.37. The molecule has 0 aromatic heterocycles. The standard InChI is InChI=1S/C22H22OP/c1-19(23-2)18-24(20-12-6-3-7-13-20,21-14-8-4-9-15-21)22-16-10-5-11-17-22/h3-18H,1-2H3/q+1/b19-18-. The summed E-state index contributed by atoms with van der Waals surface area (Å²) in [4.78, 5) is 0. The van der Waals surface area contributed by atoms with Crippen LogP contribution < -0.4 is 15.9 Å². The van der Waals surface area contributed by atoms with Crippen molar-refractivity contribution in [1.82, 2.24) is 0 Å². The molecule has 0 atom stereocenters. The minimum absolute atomic E-state index is 0.944. The van der Waals surface area contributed by atoms with E-state index in [1.54, 1.807) is 7.11 Å². The van der Waals surface area contributed by atoms with Crippen molar-refractivity contribution in [2.24, 2.45) is 0 Å². The third-order valence-electron chi connectivity index (χ3n) is 4.19. The maximum absolute atomic E-state index is 5.56. The first-order valence-electron chi connectivity index (χ1n) is 8.06. The predicted octanol–water partition coefficient (Wildman–Crippen LogP) is 4.49. The molecular weight excluding hydrogens is 311 g/mol. The Morgan fingerprint density at radius 3 is 1.29 bits per heavy atom. The number of hydrogen-bond donors (Lipinski definition) is 0. The van der Waals surface area contributed by atoms with Gasteiger partial charge in [0.15, 0.2) is 0 Å². The molecule has 0 fully saturated rings. The normalized spacial score (nSPS) is 12.0. The van der Waals surface area contributed by atoms with Gasteiger partial charge in [-0.2, -0.15) is 0 Å². The van der Waals surface area contributed by atoms with Gasteiger partial charge in [0.2, 0.25) is 0 Å². The molecule has 3 aromatic carbocycles. The molecule has 0 saturated heterocycles. The van der Waals surface area contributed by atoms with Gasteiger partial charge in [0.1, 0.15) is 34.8 Å². The highest BCUT2D eigenvalue weighted by atomic mass is 31.2. The van der Waals surface area contributed by atoms with E-state index in [9.17, 15) is 0 Å². The molecule has 0 heterocycles. The number of allylic oxidation sites excluding steroid dienone is 1. The largest absolute Gasteiger partial charge is 0.498 e. The number of rotatable bonds is 5. The summed E-state index contributed by atoms with van der Waals surface area (Å²) < 4.78 is 5.56. The highest BCUT2D eigenvalue weighted by Gasteiger charge is 2.44. The van der Waals surface area contributed by atoms with Crippen LogP contribution in [0.15, 0.2) is 103 Å². The van der Waals surface area contributed by atoms with Crippen molar-refractivity contribution in [3.8, 4) is 0 Å². The molecule has 0 saturated carbocycles. The van der Waals surface area contributed by atoms with E-state index in [0.717, 1.165) is 5.76 Å². The zero-order chi connectivity index (χ0) is 16.8. The van der Waals surface area contributed by atoms with Gasteiger partial charge in [0.05, 0.1) is 7.11 Å². The third kappa shape index (κ3) is 3.13. The summed E-state index contributed by atoms with van der Waals surface area (Å²) in [5.41, 5.74) is 0. The van der Waals surface area contributed by atoms with Gasteiger partial charge in [0.25, 0.3) is 0 Å². The molecule has 0 unspecified atom stereocenters. The Kier molecular flexibility index (Phi) is 5.13. The first-order valence-corrected chi connectivity index (χ1v) is 9.92. The van der Waals surface area contributed by atoms with Crippen LogP contribution in [0.3, 0.4) is 0 Å². The van der Waals surface area contributed by atoms with Crippen molar-refractivity contribution in [3.63, 3.8) is 0 Å². The minimum Gasteiger partial charge on any atom is -0.498 e. The molecular formula is C22H22OP+. The molecule has 3 aromatic rings. The van der Waals surface area contributed by atoms with Crippen LogP contribution >= 0.6 is 7.26 Å². The molecule has 3 rings (SSSR count). The quantitative estimate of drug-likeness (QED) is 0.494. The molecule has 0 spiro atoms. The lowest BCUT2D eigenvalue weighted by Crippen LogP contribution is -2.29. The van der Waals surface area contributed by atoms with Gasteiger partial charge in [0, 0.05) is 0 Å². The van der Waals surface area contributed by atoms with Gasteiger partial charge in [-0.25, -0.2) is 0 Å². The average molecular weight is 333 g/mol. The summed E-state index contributed by atoms with van der Waals surface area (Å²) in [6.45, 7) is 2.03. The third-order valence-corrected chi connectivity index (χ3v) is 8.28. The molecule has 0 aliphatic heterocycles. The van der Waals surface area contributed by atoms with Crippen LogP contribution in [-0.2, 0) is 4.74 Å². The van der Waals surface area contributed by atoms with Crippen molar-refractivity contribution in [2.45, 2.75) is 6.92 Å². The SMILES string of the molecule is CO/C(C)=C\[P+](c1ccccc1)(c1ccccc1)c1ccccc1. The van der Waals surface area contributed by atoms with Crippen LogP contribution in [0, 0.1) is 0 Å². The fraction of sp³-hybridized carbons (Fsp3) is 0.0909. The smallest absolute Gasteiger partial charge is 0.140 e. The van der Waals surface area contributed by atoms with E-state index in [0.29, 0.717) is 0 Å². The number of ether oxygens (including phenoxy) is 1. The molecule has 0 aliphatic carbocycles. The van der Waals surface area contributed by atoms with Crippen molar-refractivity contribution in [2.75, 3.05) is 7.11 Å². The lowest BCUT2D eigenvalue weighted by Gasteiger charge is -2.24. The number of methoxy groups -OCH3 is 1. The summed E-state index contributed by atoms with van der Waals surface area (Å²) in [6.07, 6.45) is 0. The van der Waals surface area contributed by atoms with Gasteiger partial charge in [-0.05, 0) is 43.3 Å². The van der Waals surface area contributed by atoms with Crippen LogP contribution in [0.25, 0.3) is 0 Å². The van der Waals surface area contributed by atoms with Crippen LogP contribution in [0.2, 0.25) is 0 Å². The number of benzene rings is 3. The molecule has 24 heavy (non-hydrogen) atoms. The topological polar surface area (TPSA) is 9.23 Å². The molecule has 2 heteroatoms. The van der Waals surface area contributed by atoms with Crippen molar-refractivity contribution < 1.29 is 4.74 Å². The Labute approximate surface area is 145 Å². The molecule has 0 radical (unpaired) electrons. The molecule has 120 valence electrons. The summed E-state index contributed by atoms with van der Waals surface area (Å²) >= 11 is 0. The predicted molar refractivity (Wildman–Crippen MR) is 106 cm³/mol. The van der Waals surface area contributed by atoms with Gasteiger partial charge >= 0.3 is 0 Å². The van der Waals surface area contributed by atoms with E-state index in [2.05, 4.69) is 96.8 Å². The summed E-state index contributed by atoms with van der Waals surface area (Å²) in [5.74, 6) is 3.27. The van der Waals surface area contributed by atoms with Gasteiger partial charge < -0.3 is 4.74 Å². The second-order valence-corrected chi connectivity index (χ2v) is 8.93. The van der Waals surface area contributed by atoms with E-state index in [-0.39, 0.29) is 0 Å². The highest BCUT2D eigenvalue weighted by molar-refractivity contribution is 7.98. The maximum Gasteiger partial charge on any atom is 0.140 e. The Bertz CT molecular complexity index is 698. The first-order chi connectivity index (χ1) is 11.8. The summed E-state index contributed by atoms with van der Waals surface area (Å²) in [6, 6.07) is 32.3. The number of hydrogen-bond acceptors (Lipinski definition) is 1. The lowest BCUT2D eigenvalue weighted by molar-refractivity contribution is 0.294. The fourth-order valence-electron chi connectivity index (χ4n) is 2.99. The van der Waals surface area contributed by atoms with E-state index < -0.39 is 7.26 Å². The molecule has 0 bridgehead atoms. The van der Waals surface area contributed by atoms with E-state index in [1.165, 1.54) is 15.9 Å². The Morgan fingerprint density at radius 1 is 0.667 bits per heavy atom. The summed E-state index contributed by atoms with van der Waals surface area (Å²) in [7, 11) is -0.175. The monoisotopic (exact) mass is 333 g/mol. The van der Waals surface area contributed by atoms with Crippen molar-refractivity contribution >= 4 is 23.2 Å². The zero-order valence-corrected chi connectivity index (χ0v) is 15.0. The van der Waals surface area contributed by atoms with Crippen LogP contribution in [-0.4, -0.2) is 7.11 Å². The van der Waals surface area contributed by atoms with E-state index in [1.807, 2.05) is 6.92 Å². The van der Waals surface area contributed by atoms with Crippen LogP contribution in [0.4, 0.5) is 0 Å². The molecule has 0 amide bonds. The minimum atomic E-state index is -1.91. The lowest BCUT2D eigenvalue weighted by atomic mass is 10.4. The molecule has 1 nitrogen and oxygen atoms in total. The van der Waals surface area contributed by atoms with E-state index >= 15 is 0 Å². The Hall–Kier alpha value is -2.37. The fourth-order valence-corrected chi connectivity index (χ4v) is 6.91. The Morgan fingerprint density at radius 2 is 1.00 bits per heavy atom. The van der Waals surface area contributed by atoms with Gasteiger partial charge in [-0.3, -0.25) is 0 Å².